The summed E-state index contributed by atoms with van der Waals surface area (Å²) in [6.07, 6.45) is -4.48. The summed E-state index contributed by atoms with van der Waals surface area (Å²) in [5, 5.41) is 17.6. The van der Waals surface area contributed by atoms with Gasteiger partial charge in [-0.05, 0) is 31.2 Å². The third-order valence-electron chi connectivity index (χ3n) is 3.48. The Morgan fingerprint density at radius 3 is 2.73 bits per heavy atom. The van der Waals surface area contributed by atoms with Crippen LogP contribution in [-0.4, -0.2) is 31.3 Å². The van der Waals surface area contributed by atoms with Crippen molar-refractivity contribution in [2.75, 3.05) is 5.32 Å². The van der Waals surface area contributed by atoms with Crippen molar-refractivity contribution in [1.29, 1.82) is 0 Å². The molecule has 0 saturated heterocycles. The van der Waals surface area contributed by atoms with Gasteiger partial charge in [0.15, 0.2) is 5.82 Å². The van der Waals surface area contributed by atoms with Gasteiger partial charge in [0.1, 0.15) is 11.8 Å². The zero-order valence-electron chi connectivity index (χ0n) is 13.7. The van der Waals surface area contributed by atoms with Crippen molar-refractivity contribution < 1.29 is 22.5 Å². The number of tetrazole rings is 1. The highest BCUT2D eigenvalue weighted by Gasteiger charge is 2.31. The number of carbonyl (C=O) groups excluding carboxylic acids is 1. The number of halogens is 3. The lowest BCUT2D eigenvalue weighted by atomic mass is 10.1. The summed E-state index contributed by atoms with van der Waals surface area (Å²) < 4.78 is 43.3. The summed E-state index contributed by atoms with van der Waals surface area (Å²) >= 11 is 0. The fraction of sp³-hybridized carbons (Fsp3) is 0.267. The molecule has 0 bridgehead atoms. The minimum atomic E-state index is -4.48. The van der Waals surface area contributed by atoms with E-state index in [-0.39, 0.29) is 17.2 Å². The van der Waals surface area contributed by atoms with Gasteiger partial charge < -0.3 is 9.84 Å². The molecule has 0 aliphatic carbocycles. The topological polar surface area (TPSA) is 98.7 Å². The first-order valence-corrected chi connectivity index (χ1v) is 7.45. The van der Waals surface area contributed by atoms with E-state index in [4.69, 9.17) is 4.52 Å². The second-order valence-electron chi connectivity index (χ2n) is 5.50. The van der Waals surface area contributed by atoms with Crippen LogP contribution in [0.25, 0.3) is 11.4 Å². The maximum absolute atomic E-state index is 12.8. The first kappa shape index (κ1) is 17.6. The summed E-state index contributed by atoms with van der Waals surface area (Å²) in [5.74, 6) is 0.260. The molecule has 1 aromatic carbocycles. The molecule has 26 heavy (non-hydrogen) atoms. The molecule has 0 aliphatic heterocycles. The first-order chi connectivity index (χ1) is 12.2. The van der Waals surface area contributed by atoms with Crippen LogP contribution < -0.4 is 5.32 Å². The SMILES string of the molecule is Cc1cc(NC(=O)[C@@H](C)n2nnc(-c3cccc(C(F)(F)F)c3)n2)no1. The number of nitrogens with zero attached hydrogens (tertiary/aromatic N) is 5. The van der Waals surface area contributed by atoms with Crippen LogP contribution in [0.3, 0.4) is 0 Å². The van der Waals surface area contributed by atoms with Gasteiger partial charge >= 0.3 is 6.18 Å². The normalized spacial score (nSPS) is 12.8. The Bertz CT molecular complexity index is 933. The Labute approximate surface area is 145 Å². The third kappa shape index (κ3) is 3.71. The number of amides is 1. The molecule has 1 N–H and O–H groups in total. The molecule has 11 heteroatoms. The van der Waals surface area contributed by atoms with Gasteiger partial charge in [0.25, 0.3) is 5.91 Å². The zero-order valence-corrected chi connectivity index (χ0v) is 13.7. The summed E-state index contributed by atoms with van der Waals surface area (Å²) in [6, 6.07) is 5.22. The van der Waals surface area contributed by atoms with E-state index >= 15 is 0 Å². The monoisotopic (exact) mass is 366 g/mol. The molecule has 136 valence electrons. The average molecular weight is 366 g/mol. The van der Waals surface area contributed by atoms with E-state index in [1.165, 1.54) is 25.1 Å². The largest absolute Gasteiger partial charge is 0.416 e. The Morgan fingerprint density at radius 2 is 2.08 bits per heavy atom. The van der Waals surface area contributed by atoms with Crippen molar-refractivity contribution in [2.24, 2.45) is 0 Å². The van der Waals surface area contributed by atoms with Crippen molar-refractivity contribution in [3.05, 3.63) is 41.7 Å². The molecular weight excluding hydrogens is 353 g/mol. The molecule has 3 aromatic rings. The Morgan fingerprint density at radius 1 is 1.31 bits per heavy atom. The van der Waals surface area contributed by atoms with E-state index in [1.54, 1.807) is 6.92 Å². The average Bonchev–Trinajstić information content (AvgIpc) is 3.23. The molecular formula is C15H13F3N6O2. The maximum Gasteiger partial charge on any atom is 0.416 e. The summed E-state index contributed by atoms with van der Waals surface area (Å²) in [4.78, 5) is 13.2. The van der Waals surface area contributed by atoms with Crippen molar-refractivity contribution in [3.8, 4) is 11.4 Å². The van der Waals surface area contributed by atoms with Gasteiger partial charge in [-0.2, -0.15) is 18.0 Å². The molecule has 0 unspecified atom stereocenters. The van der Waals surface area contributed by atoms with E-state index < -0.39 is 23.7 Å². The molecule has 8 nitrogen and oxygen atoms in total. The summed E-state index contributed by atoms with van der Waals surface area (Å²) in [7, 11) is 0. The number of aryl methyl sites for hydroxylation is 1. The highest BCUT2D eigenvalue weighted by molar-refractivity contribution is 5.92. The molecule has 3 rings (SSSR count). The standard InChI is InChI=1S/C15H13F3N6O2/c1-8-6-12(22-26-8)19-14(25)9(2)24-21-13(20-23-24)10-4-3-5-11(7-10)15(16,17)18/h3-7,9H,1-2H3,(H,19,22,25)/t9-/m1/s1. The molecule has 2 heterocycles. The van der Waals surface area contributed by atoms with E-state index in [1.807, 2.05) is 0 Å². The number of anilines is 1. The number of hydrogen-bond donors (Lipinski definition) is 1. The van der Waals surface area contributed by atoms with Crippen molar-refractivity contribution in [2.45, 2.75) is 26.1 Å². The first-order valence-electron chi connectivity index (χ1n) is 7.45. The molecule has 0 saturated carbocycles. The van der Waals surface area contributed by atoms with Crippen molar-refractivity contribution >= 4 is 11.7 Å². The second-order valence-corrected chi connectivity index (χ2v) is 5.50. The molecule has 1 atom stereocenters. The number of aromatic nitrogens is 5. The van der Waals surface area contributed by atoms with Gasteiger partial charge in [0.05, 0.1) is 5.56 Å². The third-order valence-corrected chi connectivity index (χ3v) is 3.48. The number of rotatable bonds is 4. The molecule has 0 spiro atoms. The molecule has 0 aliphatic rings. The molecule has 0 radical (unpaired) electrons. The van der Waals surface area contributed by atoms with Gasteiger partial charge in [-0.3, -0.25) is 4.79 Å². The Hall–Kier alpha value is -3.24. The van der Waals surface area contributed by atoms with E-state index in [0.29, 0.717) is 5.76 Å². The highest BCUT2D eigenvalue weighted by Crippen LogP contribution is 2.31. The Kier molecular flexibility index (Phi) is 4.45. The van der Waals surface area contributed by atoms with Gasteiger partial charge in [-0.25, -0.2) is 0 Å². The molecule has 0 fully saturated rings. The van der Waals surface area contributed by atoms with Gasteiger partial charge in [-0.1, -0.05) is 17.3 Å². The number of benzene rings is 1. The minimum absolute atomic E-state index is 0.0203. The molecule has 1 amide bonds. The van der Waals surface area contributed by atoms with Crippen LogP contribution in [0, 0.1) is 6.92 Å². The maximum atomic E-state index is 12.8. The Balaban J connectivity index is 1.78. The number of nitrogens with one attached hydrogen (secondary N) is 1. The molecule has 2 aromatic heterocycles. The van der Waals surface area contributed by atoms with Crippen LogP contribution in [-0.2, 0) is 11.0 Å². The lowest BCUT2D eigenvalue weighted by molar-refractivity contribution is -0.137. The number of alkyl halides is 3. The summed E-state index contributed by atoms with van der Waals surface area (Å²) in [6.45, 7) is 3.19. The van der Waals surface area contributed by atoms with Gasteiger partial charge in [0, 0.05) is 11.6 Å². The number of carbonyl (C=O) groups is 1. The fourth-order valence-corrected chi connectivity index (χ4v) is 2.10. The van der Waals surface area contributed by atoms with Crippen LogP contribution in [0.1, 0.15) is 24.3 Å². The predicted molar refractivity (Wildman–Crippen MR) is 82.8 cm³/mol. The lowest BCUT2D eigenvalue weighted by Gasteiger charge is -2.08. The fourth-order valence-electron chi connectivity index (χ4n) is 2.10. The van der Waals surface area contributed by atoms with Crippen LogP contribution >= 0.6 is 0 Å². The van der Waals surface area contributed by atoms with Crippen LogP contribution in [0.15, 0.2) is 34.9 Å². The van der Waals surface area contributed by atoms with E-state index in [9.17, 15) is 18.0 Å². The number of hydrogen-bond acceptors (Lipinski definition) is 6. The summed E-state index contributed by atoms with van der Waals surface area (Å²) in [5.41, 5.74) is -0.677. The second kappa shape index (κ2) is 6.58. The van der Waals surface area contributed by atoms with Crippen LogP contribution in [0.5, 0.6) is 0 Å². The van der Waals surface area contributed by atoms with Gasteiger partial charge in [-0.15, -0.1) is 10.2 Å². The van der Waals surface area contributed by atoms with Crippen LogP contribution in [0.4, 0.5) is 19.0 Å². The van der Waals surface area contributed by atoms with Crippen molar-refractivity contribution in [1.82, 2.24) is 25.4 Å². The lowest BCUT2D eigenvalue weighted by Crippen LogP contribution is -2.25. The quantitative estimate of drug-likeness (QED) is 0.762. The predicted octanol–water partition coefficient (Wildman–Crippen LogP) is 2.86. The zero-order chi connectivity index (χ0) is 18.9. The van der Waals surface area contributed by atoms with Crippen molar-refractivity contribution in [3.63, 3.8) is 0 Å². The minimum Gasteiger partial charge on any atom is -0.360 e. The van der Waals surface area contributed by atoms with E-state index in [2.05, 4.69) is 25.9 Å². The van der Waals surface area contributed by atoms with E-state index in [0.717, 1.165) is 16.9 Å². The smallest absolute Gasteiger partial charge is 0.360 e. The van der Waals surface area contributed by atoms with Crippen LogP contribution in [0.2, 0.25) is 0 Å². The van der Waals surface area contributed by atoms with Gasteiger partial charge in [0.2, 0.25) is 5.82 Å². The highest BCUT2D eigenvalue weighted by atomic mass is 19.4.